The molecule has 110 valence electrons. The number of halogens is 1. The van der Waals surface area contributed by atoms with Crippen molar-refractivity contribution in [2.45, 2.75) is 44.7 Å². The van der Waals surface area contributed by atoms with Gasteiger partial charge in [-0.15, -0.1) is 0 Å². The Morgan fingerprint density at radius 3 is 3.05 bits per heavy atom. The third-order valence-corrected chi connectivity index (χ3v) is 4.44. The molecular formula is C16H23FN2O. The number of nitrogens with zero attached hydrogens (tertiary/aromatic N) is 1. The molecule has 0 saturated carbocycles. The minimum atomic E-state index is -0.246. The number of rotatable bonds is 4. The lowest BCUT2D eigenvalue weighted by molar-refractivity contribution is 0.192. The molecule has 2 aliphatic rings. The Labute approximate surface area is 120 Å². The first-order chi connectivity index (χ1) is 9.78. The summed E-state index contributed by atoms with van der Waals surface area (Å²) in [6.45, 7) is 4.88. The third kappa shape index (κ3) is 2.75. The van der Waals surface area contributed by atoms with E-state index in [2.05, 4.69) is 10.2 Å². The maximum absolute atomic E-state index is 13.3. The average molecular weight is 278 g/mol. The number of nitrogens with one attached hydrogen (secondary N) is 1. The lowest BCUT2D eigenvalue weighted by Gasteiger charge is -2.33. The highest BCUT2D eigenvalue weighted by atomic mass is 19.1. The van der Waals surface area contributed by atoms with Crippen LogP contribution in [0.25, 0.3) is 0 Å². The first-order valence-electron chi connectivity index (χ1n) is 7.71. The molecule has 2 saturated heterocycles. The van der Waals surface area contributed by atoms with Gasteiger partial charge in [0.1, 0.15) is 11.6 Å². The van der Waals surface area contributed by atoms with Gasteiger partial charge >= 0.3 is 0 Å². The first kappa shape index (κ1) is 13.7. The molecule has 0 spiro atoms. The Hall–Kier alpha value is -1.29. The molecule has 0 aliphatic carbocycles. The normalized spacial score (nSPS) is 26.3. The molecule has 1 aromatic carbocycles. The topological polar surface area (TPSA) is 24.5 Å². The third-order valence-electron chi connectivity index (χ3n) is 4.44. The van der Waals surface area contributed by atoms with Gasteiger partial charge in [0, 0.05) is 24.7 Å². The molecule has 4 heteroatoms. The van der Waals surface area contributed by atoms with Crippen molar-refractivity contribution < 1.29 is 9.13 Å². The van der Waals surface area contributed by atoms with Crippen LogP contribution in [0.1, 0.15) is 32.6 Å². The van der Waals surface area contributed by atoms with E-state index in [-0.39, 0.29) is 5.82 Å². The van der Waals surface area contributed by atoms with Crippen LogP contribution in [-0.4, -0.2) is 36.7 Å². The fourth-order valence-corrected chi connectivity index (χ4v) is 3.51. The van der Waals surface area contributed by atoms with Gasteiger partial charge in [-0.05, 0) is 44.9 Å². The highest BCUT2D eigenvalue weighted by Crippen LogP contribution is 2.32. The number of anilines is 1. The van der Waals surface area contributed by atoms with E-state index in [4.69, 9.17) is 4.74 Å². The van der Waals surface area contributed by atoms with Gasteiger partial charge < -0.3 is 10.1 Å². The van der Waals surface area contributed by atoms with Crippen molar-refractivity contribution in [3.63, 3.8) is 0 Å². The summed E-state index contributed by atoms with van der Waals surface area (Å²) in [5, 5.41) is 3.59. The van der Waals surface area contributed by atoms with Crippen molar-refractivity contribution in [3.05, 3.63) is 24.0 Å². The second-order valence-corrected chi connectivity index (χ2v) is 5.71. The van der Waals surface area contributed by atoms with Crippen LogP contribution in [0.2, 0.25) is 0 Å². The number of benzene rings is 1. The van der Waals surface area contributed by atoms with Crippen LogP contribution in [0, 0.1) is 5.82 Å². The van der Waals surface area contributed by atoms with Gasteiger partial charge in [-0.1, -0.05) is 6.42 Å². The molecule has 3 nitrogen and oxygen atoms in total. The molecule has 2 aliphatic heterocycles. The van der Waals surface area contributed by atoms with Crippen LogP contribution < -0.4 is 10.1 Å². The van der Waals surface area contributed by atoms with Gasteiger partial charge in [-0.25, -0.2) is 4.39 Å². The predicted octanol–water partition coefficient (Wildman–Crippen LogP) is 3.26. The molecule has 0 aromatic heterocycles. The molecule has 20 heavy (non-hydrogen) atoms. The van der Waals surface area contributed by atoms with Crippen molar-refractivity contribution in [1.29, 1.82) is 0 Å². The number of hydrogen-bond acceptors (Lipinski definition) is 3. The van der Waals surface area contributed by atoms with Crippen molar-refractivity contribution in [3.8, 4) is 5.75 Å². The second-order valence-electron chi connectivity index (χ2n) is 5.71. The van der Waals surface area contributed by atoms with Crippen molar-refractivity contribution in [2.24, 2.45) is 0 Å². The van der Waals surface area contributed by atoms with E-state index in [1.165, 1.54) is 44.5 Å². The number of hydrogen-bond donors (Lipinski definition) is 1. The van der Waals surface area contributed by atoms with Crippen LogP contribution in [0.3, 0.4) is 0 Å². The maximum atomic E-state index is 13.3. The monoisotopic (exact) mass is 278 g/mol. The Balaban J connectivity index is 1.74. The first-order valence-corrected chi connectivity index (χ1v) is 7.71. The summed E-state index contributed by atoms with van der Waals surface area (Å²) in [6, 6.07) is 5.85. The van der Waals surface area contributed by atoms with Gasteiger partial charge in [0.15, 0.2) is 0 Å². The van der Waals surface area contributed by atoms with Crippen LogP contribution in [-0.2, 0) is 0 Å². The van der Waals surface area contributed by atoms with Crippen LogP contribution in [0.5, 0.6) is 5.75 Å². The Bertz CT molecular complexity index is 466. The quantitative estimate of drug-likeness (QED) is 0.915. The fourth-order valence-electron chi connectivity index (χ4n) is 3.51. The number of piperidine rings is 1. The van der Waals surface area contributed by atoms with Crippen LogP contribution >= 0.6 is 0 Å². The molecule has 0 amide bonds. The average Bonchev–Trinajstić information content (AvgIpc) is 2.86. The predicted molar refractivity (Wildman–Crippen MR) is 78.8 cm³/mol. The van der Waals surface area contributed by atoms with E-state index >= 15 is 0 Å². The van der Waals surface area contributed by atoms with Crippen LogP contribution in [0.15, 0.2) is 18.2 Å². The van der Waals surface area contributed by atoms with E-state index in [0.717, 1.165) is 12.1 Å². The zero-order valence-corrected chi connectivity index (χ0v) is 12.1. The summed E-state index contributed by atoms with van der Waals surface area (Å²) in [6.07, 6.45) is 5.07. The lowest BCUT2D eigenvalue weighted by Crippen LogP contribution is -2.41. The smallest absolute Gasteiger partial charge is 0.145 e. The number of ether oxygens (including phenoxy) is 1. The largest absolute Gasteiger partial charge is 0.492 e. The van der Waals surface area contributed by atoms with Crippen molar-refractivity contribution in [1.82, 2.24) is 4.90 Å². The molecule has 2 fully saturated rings. The van der Waals surface area contributed by atoms with E-state index in [9.17, 15) is 4.39 Å². The molecule has 0 radical (unpaired) electrons. The molecule has 2 unspecified atom stereocenters. The second kappa shape index (κ2) is 6.00. The van der Waals surface area contributed by atoms with Crippen molar-refractivity contribution in [2.75, 3.05) is 25.0 Å². The molecule has 0 bridgehead atoms. The minimum absolute atomic E-state index is 0.246. The fraction of sp³-hybridized carbons (Fsp3) is 0.625. The number of fused-ring (bicyclic) bond motifs is 1. The standard InChI is InChI=1S/C16H23FN2O/c1-2-20-16-11-12(17)6-7-14(16)18-13-8-10-19-9-4-3-5-15(13)19/h6-7,11,13,15,18H,2-5,8-10H2,1H3. The maximum Gasteiger partial charge on any atom is 0.145 e. The molecule has 2 atom stereocenters. The zero-order chi connectivity index (χ0) is 13.9. The summed E-state index contributed by atoms with van der Waals surface area (Å²) >= 11 is 0. The van der Waals surface area contributed by atoms with Crippen molar-refractivity contribution >= 4 is 5.69 Å². The summed E-state index contributed by atoms with van der Waals surface area (Å²) in [7, 11) is 0. The van der Waals surface area contributed by atoms with Gasteiger partial charge in [0.05, 0.1) is 12.3 Å². The molecule has 1 N–H and O–H groups in total. The van der Waals surface area contributed by atoms with Gasteiger partial charge in [-0.3, -0.25) is 4.90 Å². The van der Waals surface area contributed by atoms with Gasteiger partial charge in [0.25, 0.3) is 0 Å². The van der Waals surface area contributed by atoms with E-state index in [1.54, 1.807) is 6.07 Å². The van der Waals surface area contributed by atoms with Crippen LogP contribution in [0.4, 0.5) is 10.1 Å². The Kier molecular flexibility index (Phi) is 4.10. The molecule has 1 aromatic rings. The molecular weight excluding hydrogens is 255 g/mol. The van der Waals surface area contributed by atoms with E-state index in [1.807, 2.05) is 6.92 Å². The van der Waals surface area contributed by atoms with Gasteiger partial charge in [0.2, 0.25) is 0 Å². The van der Waals surface area contributed by atoms with E-state index in [0.29, 0.717) is 24.4 Å². The summed E-state index contributed by atoms with van der Waals surface area (Å²) < 4.78 is 18.9. The highest BCUT2D eigenvalue weighted by molar-refractivity contribution is 5.57. The summed E-state index contributed by atoms with van der Waals surface area (Å²) in [4.78, 5) is 2.59. The lowest BCUT2D eigenvalue weighted by atomic mass is 9.99. The summed E-state index contributed by atoms with van der Waals surface area (Å²) in [5.74, 6) is 0.381. The highest BCUT2D eigenvalue weighted by Gasteiger charge is 2.35. The zero-order valence-electron chi connectivity index (χ0n) is 12.1. The molecule has 3 rings (SSSR count). The Morgan fingerprint density at radius 2 is 2.20 bits per heavy atom. The Morgan fingerprint density at radius 1 is 1.30 bits per heavy atom. The SMILES string of the molecule is CCOc1cc(F)ccc1NC1CCN2CCCCC12. The summed E-state index contributed by atoms with van der Waals surface area (Å²) in [5.41, 5.74) is 0.922. The molecule has 2 heterocycles. The van der Waals surface area contributed by atoms with E-state index < -0.39 is 0 Å². The minimum Gasteiger partial charge on any atom is -0.492 e. The van der Waals surface area contributed by atoms with Gasteiger partial charge in [-0.2, -0.15) is 0 Å².